The summed E-state index contributed by atoms with van der Waals surface area (Å²) in [7, 11) is 0. The lowest BCUT2D eigenvalue weighted by atomic mass is 10.1. The highest BCUT2D eigenvalue weighted by molar-refractivity contribution is 5.87. The highest BCUT2D eigenvalue weighted by atomic mass is 19.1. The monoisotopic (exact) mass is 263 g/mol. The fraction of sp³-hybridized carbons (Fsp3) is 0.533. The molecular formula is C15H18FNO2. The van der Waals surface area contributed by atoms with E-state index in [1.807, 2.05) is 0 Å². The molecule has 102 valence electrons. The van der Waals surface area contributed by atoms with Gasteiger partial charge in [-0.25, -0.2) is 9.18 Å². The van der Waals surface area contributed by atoms with E-state index in [0.717, 1.165) is 12.5 Å². The molecule has 0 atom stereocenters. The molecule has 0 unspecified atom stereocenters. The van der Waals surface area contributed by atoms with Gasteiger partial charge in [0, 0.05) is 24.7 Å². The van der Waals surface area contributed by atoms with Gasteiger partial charge in [0.2, 0.25) is 0 Å². The van der Waals surface area contributed by atoms with Crippen molar-refractivity contribution in [2.45, 2.75) is 38.3 Å². The molecule has 0 bridgehead atoms. The van der Waals surface area contributed by atoms with E-state index < -0.39 is 5.97 Å². The largest absolute Gasteiger partial charge is 0.478 e. The maximum atomic E-state index is 13.8. The van der Waals surface area contributed by atoms with E-state index in [0.29, 0.717) is 18.2 Å². The molecule has 0 aliphatic heterocycles. The second kappa shape index (κ2) is 4.93. The second-order valence-corrected chi connectivity index (χ2v) is 5.72. The van der Waals surface area contributed by atoms with Gasteiger partial charge in [0.25, 0.3) is 0 Å². The smallest absolute Gasteiger partial charge is 0.335 e. The van der Waals surface area contributed by atoms with Crippen molar-refractivity contribution in [1.82, 2.24) is 4.90 Å². The number of benzene rings is 1. The summed E-state index contributed by atoms with van der Waals surface area (Å²) in [5, 5.41) is 8.98. The lowest BCUT2D eigenvalue weighted by Crippen LogP contribution is -2.28. The van der Waals surface area contributed by atoms with Crippen molar-refractivity contribution in [3.8, 4) is 0 Å². The first kappa shape index (κ1) is 12.6. The van der Waals surface area contributed by atoms with E-state index in [4.69, 9.17) is 5.11 Å². The van der Waals surface area contributed by atoms with Crippen molar-refractivity contribution in [3.05, 3.63) is 35.1 Å². The molecule has 3 nitrogen and oxygen atoms in total. The van der Waals surface area contributed by atoms with E-state index >= 15 is 0 Å². The third kappa shape index (κ3) is 3.13. The number of hydrogen-bond acceptors (Lipinski definition) is 2. The molecule has 0 radical (unpaired) electrons. The zero-order valence-corrected chi connectivity index (χ0v) is 10.8. The number of carboxylic acid groups (broad SMARTS) is 1. The first-order valence-corrected chi connectivity index (χ1v) is 6.89. The van der Waals surface area contributed by atoms with Gasteiger partial charge < -0.3 is 5.11 Å². The van der Waals surface area contributed by atoms with Crippen molar-refractivity contribution >= 4 is 5.97 Å². The second-order valence-electron chi connectivity index (χ2n) is 5.72. The Morgan fingerprint density at radius 3 is 2.63 bits per heavy atom. The summed E-state index contributed by atoms with van der Waals surface area (Å²) in [6.45, 7) is 1.57. The molecule has 2 aliphatic rings. The molecule has 19 heavy (non-hydrogen) atoms. The molecule has 3 rings (SSSR count). The SMILES string of the molecule is O=C(O)c1ccc(F)c(CN(CC2CC2)C2CC2)c1. The Kier molecular flexibility index (Phi) is 3.27. The number of hydrogen-bond donors (Lipinski definition) is 1. The van der Waals surface area contributed by atoms with E-state index in [1.54, 1.807) is 0 Å². The molecule has 0 aromatic heterocycles. The Hall–Kier alpha value is -1.42. The van der Waals surface area contributed by atoms with Crippen LogP contribution in [0.25, 0.3) is 0 Å². The zero-order valence-electron chi connectivity index (χ0n) is 10.8. The summed E-state index contributed by atoms with van der Waals surface area (Å²) in [6.07, 6.45) is 4.93. The number of carbonyl (C=O) groups is 1. The Morgan fingerprint density at radius 1 is 1.32 bits per heavy atom. The van der Waals surface area contributed by atoms with Gasteiger partial charge in [-0.3, -0.25) is 4.90 Å². The molecule has 1 N–H and O–H groups in total. The van der Waals surface area contributed by atoms with Crippen LogP contribution in [-0.4, -0.2) is 28.6 Å². The van der Waals surface area contributed by atoms with E-state index in [-0.39, 0.29) is 11.4 Å². The maximum Gasteiger partial charge on any atom is 0.335 e. The van der Waals surface area contributed by atoms with Gasteiger partial charge in [-0.05, 0) is 49.8 Å². The summed E-state index contributed by atoms with van der Waals surface area (Å²) in [6, 6.07) is 4.64. The van der Waals surface area contributed by atoms with Crippen LogP contribution >= 0.6 is 0 Å². The molecule has 2 fully saturated rings. The highest BCUT2D eigenvalue weighted by Gasteiger charge is 2.33. The van der Waals surface area contributed by atoms with E-state index in [1.165, 1.54) is 43.9 Å². The van der Waals surface area contributed by atoms with Crippen molar-refractivity contribution < 1.29 is 14.3 Å². The first-order valence-electron chi connectivity index (χ1n) is 6.89. The van der Waals surface area contributed by atoms with Crippen molar-refractivity contribution in [2.24, 2.45) is 5.92 Å². The van der Waals surface area contributed by atoms with Crippen molar-refractivity contribution in [1.29, 1.82) is 0 Å². The Bertz CT molecular complexity index is 495. The Balaban J connectivity index is 1.75. The van der Waals surface area contributed by atoms with Crippen LogP contribution in [0.1, 0.15) is 41.6 Å². The normalized spacial score (nSPS) is 18.8. The van der Waals surface area contributed by atoms with Gasteiger partial charge in [-0.2, -0.15) is 0 Å². The first-order chi connectivity index (χ1) is 9.13. The van der Waals surface area contributed by atoms with Gasteiger partial charge in [0.1, 0.15) is 5.82 Å². The molecule has 0 spiro atoms. The molecule has 2 saturated carbocycles. The average Bonchev–Trinajstić information content (AvgIpc) is 3.24. The Morgan fingerprint density at radius 2 is 2.05 bits per heavy atom. The van der Waals surface area contributed by atoms with E-state index in [2.05, 4.69) is 4.90 Å². The molecule has 4 heteroatoms. The minimum atomic E-state index is -0.999. The van der Waals surface area contributed by atoms with Crippen LogP contribution in [0.15, 0.2) is 18.2 Å². The third-order valence-electron chi connectivity index (χ3n) is 3.92. The van der Waals surface area contributed by atoms with Gasteiger partial charge >= 0.3 is 5.97 Å². The molecule has 1 aromatic carbocycles. The summed E-state index contributed by atoms with van der Waals surface area (Å²) < 4.78 is 13.8. The predicted molar refractivity (Wildman–Crippen MR) is 69.5 cm³/mol. The van der Waals surface area contributed by atoms with Crippen molar-refractivity contribution in [2.75, 3.05) is 6.54 Å². The molecular weight excluding hydrogens is 245 g/mol. The lowest BCUT2D eigenvalue weighted by Gasteiger charge is -2.22. The number of rotatable bonds is 6. The zero-order chi connectivity index (χ0) is 13.4. The minimum Gasteiger partial charge on any atom is -0.478 e. The minimum absolute atomic E-state index is 0.165. The number of carboxylic acids is 1. The van der Waals surface area contributed by atoms with Crippen LogP contribution in [-0.2, 0) is 6.54 Å². The van der Waals surface area contributed by atoms with Crippen LogP contribution in [0.4, 0.5) is 4.39 Å². The van der Waals surface area contributed by atoms with Crippen LogP contribution in [0.2, 0.25) is 0 Å². The van der Waals surface area contributed by atoms with Crippen LogP contribution < -0.4 is 0 Å². The molecule has 1 aromatic rings. The standard InChI is InChI=1S/C15H18FNO2/c16-14-6-3-11(15(18)19)7-12(14)9-17(13-4-5-13)8-10-1-2-10/h3,6-7,10,13H,1-2,4-5,8-9H2,(H,18,19). The number of halogens is 1. The Labute approximate surface area is 112 Å². The van der Waals surface area contributed by atoms with Gasteiger partial charge in [-0.15, -0.1) is 0 Å². The number of aromatic carboxylic acids is 1. The summed E-state index contributed by atoms with van der Waals surface area (Å²) in [5.41, 5.74) is 0.672. The van der Waals surface area contributed by atoms with Gasteiger partial charge in [0.15, 0.2) is 0 Å². The van der Waals surface area contributed by atoms with E-state index in [9.17, 15) is 9.18 Å². The van der Waals surface area contributed by atoms with Gasteiger partial charge in [-0.1, -0.05) is 0 Å². The lowest BCUT2D eigenvalue weighted by molar-refractivity contribution is 0.0696. The molecule has 2 aliphatic carbocycles. The summed E-state index contributed by atoms with van der Waals surface area (Å²) in [4.78, 5) is 13.3. The van der Waals surface area contributed by atoms with Crippen molar-refractivity contribution in [3.63, 3.8) is 0 Å². The summed E-state index contributed by atoms with van der Waals surface area (Å²) in [5.74, 6) is -0.529. The maximum absolute atomic E-state index is 13.8. The number of nitrogens with zero attached hydrogens (tertiary/aromatic N) is 1. The quantitative estimate of drug-likeness (QED) is 0.858. The average molecular weight is 263 g/mol. The molecule has 0 saturated heterocycles. The highest BCUT2D eigenvalue weighted by Crippen LogP contribution is 2.35. The van der Waals surface area contributed by atoms with Crippen LogP contribution in [0.5, 0.6) is 0 Å². The fourth-order valence-corrected chi connectivity index (χ4v) is 2.46. The fourth-order valence-electron chi connectivity index (χ4n) is 2.46. The van der Waals surface area contributed by atoms with Gasteiger partial charge in [0.05, 0.1) is 5.56 Å². The topological polar surface area (TPSA) is 40.5 Å². The third-order valence-corrected chi connectivity index (χ3v) is 3.92. The molecule has 0 heterocycles. The molecule has 0 amide bonds. The predicted octanol–water partition coefficient (Wildman–Crippen LogP) is 2.90. The van der Waals surface area contributed by atoms with Crippen LogP contribution in [0, 0.1) is 11.7 Å². The summed E-state index contributed by atoms with van der Waals surface area (Å²) >= 11 is 0. The van der Waals surface area contributed by atoms with Crippen LogP contribution in [0.3, 0.4) is 0 Å².